The van der Waals surface area contributed by atoms with E-state index in [9.17, 15) is 4.79 Å². The molecule has 3 rings (SSSR count). The summed E-state index contributed by atoms with van der Waals surface area (Å²) in [6, 6.07) is 10.1. The second kappa shape index (κ2) is 5.97. The van der Waals surface area contributed by atoms with Gasteiger partial charge in [0.15, 0.2) is 0 Å². The van der Waals surface area contributed by atoms with Crippen molar-refractivity contribution in [3.8, 4) is 0 Å². The maximum atomic E-state index is 12.7. The highest BCUT2D eigenvalue weighted by atomic mass is 16.5. The van der Waals surface area contributed by atoms with Gasteiger partial charge in [-0.15, -0.1) is 0 Å². The van der Waals surface area contributed by atoms with Crippen LogP contribution in [0.1, 0.15) is 39.1 Å². The predicted octanol–water partition coefficient (Wildman–Crippen LogP) is 3.42. The molecule has 1 amide bonds. The van der Waals surface area contributed by atoms with Crippen molar-refractivity contribution in [2.24, 2.45) is 0 Å². The largest absolute Gasteiger partial charge is 0.466 e. The third-order valence-electron chi connectivity index (χ3n) is 4.07. The Morgan fingerprint density at radius 3 is 2.55 bits per heavy atom. The number of nitrogens with zero attached hydrogens (tertiary/aromatic N) is 1. The zero-order valence-electron chi connectivity index (χ0n) is 13.3. The zero-order valence-corrected chi connectivity index (χ0v) is 13.3. The highest BCUT2D eigenvalue weighted by Gasteiger charge is 2.27. The average molecular weight is 299 g/mol. The topological polar surface area (TPSA) is 42.7 Å². The number of morpholine rings is 1. The Kier molecular flexibility index (Phi) is 4.03. The van der Waals surface area contributed by atoms with Gasteiger partial charge in [-0.2, -0.15) is 0 Å². The number of benzene rings is 1. The van der Waals surface area contributed by atoms with Crippen LogP contribution in [-0.4, -0.2) is 30.5 Å². The predicted molar refractivity (Wildman–Crippen MR) is 84.0 cm³/mol. The van der Waals surface area contributed by atoms with Crippen molar-refractivity contribution in [3.63, 3.8) is 0 Å². The second-order valence-corrected chi connectivity index (χ2v) is 5.85. The Morgan fingerprint density at radius 2 is 1.91 bits per heavy atom. The first-order chi connectivity index (χ1) is 10.5. The molecule has 0 bridgehead atoms. The second-order valence-electron chi connectivity index (χ2n) is 5.85. The number of furan rings is 1. The van der Waals surface area contributed by atoms with E-state index in [-0.39, 0.29) is 12.0 Å². The minimum absolute atomic E-state index is 0.0229. The molecular formula is C18H21NO3. The molecule has 0 N–H and O–H groups in total. The Labute approximate surface area is 130 Å². The fourth-order valence-corrected chi connectivity index (χ4v) is 2.83. The lowest BCUT2D eigenvalue weighted by molar-refractivity contribution is -0.0228. The zero-order chi connectivity index (χ0) is 15.7. The molecule has 0 saturated carbocycles. The fourth-order valence-electron chi connectivity index (χ4n) is 2.83. The lowest BCUT2D eigenvalue weighted by Crippen LogP contribution is -2.42. The fraction of sp³-hybridized carbons (Fsp3) is 0.389. The van der Waals surface area contributed by atoms with E-state index in [1.54, 1.807) is 0 Å². The van der Waals surface area contributed by atoms with E-state index in [0.717, 1.165) is 11.3 Å². The molecule has 1 atom stereocenters. The Balaban J connectivity index is 1.76. The smallest absolute Gasteiger partial charge is 0.257 e. The summed E-state index contributed by atoms with van der Waals surface area (Å²) in [5.41, 5.74) is 2.99. The number of carbonyl (C=O) groups excluding carboxylic acids is 1. The van der Waals surface area contributed by atoms with Crippen LogP contribution in [0, 0.1) is 20.8 Å². The summed E-state index contributed by atoms with van der Waals surface area (Å²) in [5.74, 6) is 1.47. The SMILES string of the molecule is Cc1ccc(C2CN(C(=O)c3cc(C)oc3C)CCO2)cc1. The molecule has 22 heavy (non-hydrogen) atoms. The van der Waals surface area contributed by atoms with E-state index in [0.29, 0.717) is 31.0 Å². The molecule has 0 spiro atoms. The first-order valence-electron chi connectivity index (χ1n) is 7.59. The molecule has 1 fully saturated rings. The van der Waals surface area contributed by atoms with Crippen molar-refractivity contribution in [2.45, 2.75) is 26.9 Å². The summed E-state index contributed by atoms with van der Waals surface area (Å²) in [7, 11) is 0. The van der Waals surface area contributed by atoms with Crippen molar-refractivity contribution in [1.82, 2.24) is 4.90 Å². The molecule has 1 aromatic carbocycles. The molecule has 1 aliphatic rings. The van der Waals surface area contributed by atoms with Crippen molar-refractivity contribution in [2.75, 3.05) is 19.7 Å². The summed E-state index contributed by atoms with van der Waals surface area (Å²) >= 11 is 0. The number of rotatable bonds is 2. The molecule has 0 radical (unpaired) electrons. The summed E-state index contributed by atoms with van der Waals surface area (Å²) < 4.78 is 11.3. The number of amides is 1. The third kappa shape index (κ3) is 2.92. The van der Waals surface area contributed by atoms with Gasteiger partial charge in [0.2, 0.25) is 0 Å². The first kappa shape index (κ1) is 14.9. The van der Waals surface area contributed by atoms with Gasteiger partial charge in [-0.25, -0.2) is 0 Å². The van der Waals surface area contributed by atoms with Crippen LogP contribution in [0.5, 0.6) is 0 Å². The average Bonchev–Trinajstić information content (AvgIpc) is 2.86. The van der Waals surface area contributed by atoms with E-state index in [1.807, 2.05) is 24.8 Å². The molecule has 1 saturated heterocycles. The molecule has 0 aliphatic carbocycles. The van der Waals surface area contributed by atoms with Crippen molar-refractivity contribution < 1.29 is 13.9 Å². The molecule has 2 aromatic rings. The van der Waals surface area contributed by atoms with Crippen LogP contribution in [0.25, 0.3) is 0 Å². The van der Waals surface area contributed by atoms with Gasteiger partial charge in [0.25, 0.3) is 5.91 Å². The van der Waals surface area contributed by atoms with Crippen LogP contribution >= 0.6 is 0 Å². The van der Waals surface area contributed by atoms with Crippen LogP contribution in [0.3, 0.4) is 0 Å². The van der Waals surface area contributed by atoms with Crippen molar-refractivity contribution in [3.05, 3.63) is 58.5 Å². The van der Waals surface area contributed by atoms with Crippen molar-refractivity contribution in [1.29, 1.82) is 0 Å². The number of hydrogen-bond donors (Lipinski definition) is 0. The lowest BCUT2D eigenvalue weighted by Gasteiger charge is -2.33. The highest BCUT2D eigenvalue weighted by molar-refractivity contribution is 5.95. The van der Waals surface area contributed by atoms with Crippen molar-refractivity contribution >= 4 is 5.91 Å². The molecular weight excluding hydrogens is 278 g/mol. The lowest BCUT2D eigenvalue weighted by atomic mass is 10.1. The van der Waals surface area contributed by atoms with Gasteiger partial charge in [-0.3, -0.25) is 4.79 Å². The van der Waals surface area contributed by atoms with Gasteiger partial charge in [0, 0.05) is 6.54 Å². The van der Waals surface area contributed by atoms with Gasteiger partial charge in [0.1, 0.15) is 17.6 Å². The Morgan fingerprint density at radius 1 is 1.18 bits per heavy atom. The molecule has 2 heterocycles. The van der Waals surface area contributed by atoms with E-state index in [4.69, 9.17) is 9.15 Å². The van der Waals surface area contributed by atoms with Gasteiger partial charge in [-0.05, 0) is 32.4 Å². The summed E-state index contributed by atoms with van der Waals surface area (Å²) in [6.45, 7) is 7.50. The van der Waals surface area contributed by atoms with Gasteiger partial charge in [-0.1, -0.05) is 29.8 Å². The molecule has 1 unspecified atom stereocenters. The van der Waals surface area contributed by atoms with E-state index in [2.05, 4.69) is 31.2 Å². The molecule has 1 aliphatic heterocycles. The standard InChI is InChI=1S/C18H21NO3/c1-12-4-6-15(7-5-12)17-11-19(8-9-21-17)18(20)16-10-13(2)22-14(16)3/h4-7,10,17H,8-9,11H2,1-3H3. The highest BCUT2D eigenvalue weighted by Crippen LogP contribution is 2.25. The minimum Gasteiger partial charge on any atom is -0.466 e. The van der Waals surface area contributed by atoms with Crippen LogP contribution < -0.4 is 0 Å². The third-order valence-corrected chi connectivity index (χ3v) is 4.07. The minimum atomic E-state index is -0.0633. The van der Waals surface area contributed by atoms with Gasteiger partial charge >= 0.3 is 0 Å². The molecule has 4 nitrogen and oxygen atoms in total. The quantitative estimate of drug-likeness (QED) is 0.853. The maximum absolute atomic E-state index is 12.7. The van der Waals surface area contributed by atoms with Crippen LogP contribution in [-0.2, 0) is 4.74 Å². The molecule has 1 aromatic heterocycles. The summed E-state index contributed by atoms with van der Waals surface area (Å²) in [5, 5.41) is 0. The Bertz CT molecular complexity index is 672. The summed E-state index contributed by atoms with van der Waals surface area (Å²) in [6.07, 6.45) is -0.0633. The van der Waals surface area contributed by atoms with Crippen LogP contribution in [0.15, 0.2) is 34.7 Å². The number of aryl methyl sites for hydroxylation is 3. The van der Waals surface area contributed by atoms with Gasteiger partial charge < -0.3 is 14.1 Å². The molecule has 4 heteroatoms. The van der Waals surface area contributed by atoms with Gasteiger partial charge in [0.05, 0.1) is 18.7 Å². The Hall–Kier alpha value is -2.07. The van der Waals surface area contributed by atoms with E-state index < -0.39 is 0 Å². The number of carbonyl (C=O) groups is 1. The maximum Gasteiger partial charge on any atom is 0.257 e. The van der Waals surface area contributed by atoms with E-state index in [1.165, 1.54) is 5.56 Å². The molecule has 116 valence electrons. The normalized spacial score (nSPS) is 18.5. The van der Waals surface area contributed by atoms with E-state index >= 15 is 0 Å². The van der Waals surface area contributed by atoms with Crippen LogP contribution in [0.4, 0.5) is 0 Å². The monoisotopic (exact) mass is 299 g/mol. The summed E-state index contributed by atoms with van der Waals surface area (Å²) in [4.78, 5) is 14.5. The first-order valence-corrected chi connectivity index (χ1v) is 7.59. The van der Waals surface area contributed by atoms with Crippen LogP contribution in [0.2, 0.25) is 0 Å². The number of ether oxygens (including phenoxy) is 1. The number of hydrogen-bond acceptors (Lipinski definition) is 3.